The highest BCUT2D eigenvalue weighted by Crippen LogP contribution is 2.39. The van der Waals surface area contributed by atoms with Gasteiger partial charge in [-0.25, -0.2) is 9.00 Å². The lowest BCUT2D eigenvalue weighted by Gasteiger charge is -2.34. The molecule has 0 bridgehead atoms. The van der Waals surface area contributed by atoms with Crippen LogP contribution in [-0.2, 0) is 25.1 Å². The van der Waals surface area contributed by atoms with Crippen LogP contribution in [0.5, 0.6) is 0 Å². The Kier molecular flexibility index (Phi) is 3.47. The van der Waals surface area contributed by atoms with Crippen molar-refractivity contribution in [3.05, 3.63) is 28.8 Å². The lowest BCUT2D eigenvalue weighted by Crippen LogP contribution is -2.28. The van der Waals surface area contributed by atoms with Crippen LogP contribution in [0.3, 0.4) is 0 Å². The highest BCUT2D eigenvalue weighted by Gasteiger charge is 2.32. The van der Waals surface area contributed by atoms with E-state index in [0.717, 1.165) is 28.2 Å². The van der Waals surface area contributed by atoms with Crippen molar-refractivity contribution in [2.24, 2.45) is 0 Å². The van der Waals surface area contributed by atoms with Gasteiger partial charge in [-0.1, -0.05) is 29.4 Å². The molecule has 1 aliphatic rings. The number of fused-ring (bicyclic) bond motifs is 1. The highest BCUT2D eigenvalue weighted by molar-refractivity contribution is 8.31. The number of carboxylic acid groups (broad SMARTS) is 1. The zero-order valence-electron chi connectivity index (χ0n) is 10.6. The SMILES string of the molecule is Cc1c(C(=O)O)ccc2c1S(=S=O)CCC2(C)C. The molecule has 3 nitrogen and oxygen atoms in total. The van der Waals surface area contributed by atoms with Crippen molar-refractivity contribution < 1.29 is 14.1 Å². The van der Waals surface area contributed by atoms with Gasteiger partial charge in [-0.3, -0.25) is 0 Å². The standard InChI is InChI=1S/C13H16O3S2/c1-8-9(12(14)15)4-5-10-11(8)18(17-16)7-6-13(10,2)3/h4-5H,6-7H2,1-3H3,(H,14,15). The average Bonchev–Trinajstić information content (AvgIpc) is 2.29. The molecule has 1 aliphatic heterocycles. The van der Waals surface area contributed by atoms with Gasteiger partial charge < -0.3 is 5.11 Å². The minimum Gasteiger partial charge on any atom is -0.478 e. The van der Waals surface area contributed by atoms with Gasteiger partial charge in [0.2, 0.25) is 0 Å². The van der Waals surface area contributed by atoms with Crippen LogP contribution in [0.1, 0.15) is 41.8 Å². The number of hydrogen-bond donors (Lipinski definition) is 1. The van der Waals surface area contributed by atoms with Gasteiger partial charge >= 0.3 is 5.97 Å². The Bertz CT molecular complexity index is 584. The Hall–Kier alpha value is -0.940. The van der Waals surface area contributed by atoms with Crippen LogP contribution in [0.2, 0.25) is 0 Å². The molecule has 1 heterocycles. The lowest BCUT2D eigenvalue weighted by atomic mass is 9.80. The molecule has 1 aromatic carbocycles. The maximum Gasteiger partial charge on any atom is 0.335 e. The lowest BCUT2D eigenvalue weighted by molar-refractivity contribution is 0.0695. The van der Waals surface area contributed by atoms with Crippen LogP contribution in [0, 0.1) is 6.92 Å². The summed E-state index contributed by atoms with van der Waals surface area (Å²) >= 11 is 0. The van der Waals surface area contributed by atoms with Gasteiger partial charge in [0.1, 0.15) is 10.2 Å². The monoisotopic (exact) mass is 284 g/mol. The molecule has 0 saturated heterocycles. The summed E-state index contributed by atoms with van der Waals surface area (Å²) in [7, 11) is 0.195. The van der Waals surface area contributed by atoms with Crippen LogP contribution < -0.4 is 0 Å². The summed E-state index contributed by atoms with van der Waals surface area (Å²) in [5.41, 5.74) is 2.25. The van der Waals surface area contributed by atoms with Gasteiger partial charge in [0.05, 0.1) is 5.56 Å². The summed E-state index contributed by atoms with van der Waals surface area (Å²) in [6.45, 7) is 6.13. The number of carbonyl (C=O) groups is 1. The quantitative estimate of drug-likeness (QED) is 0.862. The first-order valence-corrected chi connectivity index (χ1v) is 8.42. The molecule has 5 heteroatoms. The van der Waals surface area contributed by atoms with Crippen molar-refractivity contribution in [1.29, 1.82) is 0 Å². The normalized spacial score (nSPS) is 21.2. The van der Waals surface area contributed by atoms with E-state index in [1.54, 1.807) is 6.07 Å². The highest BCUT2D eigenvalue weighted by atomic mass is 32.8. The molecule has 0 aliphatic carbocycles. The first kappa shape index (κ1) is 13.5. The largest absolute Gasteiger partial charge is 0.478 e. The molecule has 1 unspecified atom stereocenters. The number of aromatic carboxylic acids is 1. The summed E-state index contributed by atoms with van der Waals surface area (Å²) in [4.78, 5) is 12.2. The van der Waals surface area contributed by atoms with Crippen LogP contribution in [0.4, 0.5) is 0 Å². The van der Waals surface area contributed by atoms with Crippen LogP contribution in [0.25, 0.3) is 0 Å². The molecule has 2 rings (SSSR count). The summed E-state index contributed by atoms with van der Waals surface area (Å²) in [6.07, 6.45) is 0.976. The van der Waals surface area contributed by atoms with Crippen LogP contribution in [0.15, 0.2) is 17.0 Å². The predicted octanol–water partition coefficient (Wildman–Crippen LogP) is 2.48. The van der Waals surface area contributed by atoms with Crippen molar-refractivity contribution >= 4 is 25.6 Å². The molecule has 0 aromatic heterocycles. The molecule has 1 N–H and O–H groups in total. The number of benzene rings is 1. The van der Waals surface area contributed by atoms with E-state index in [1.165, 1.54) is 0 Å². The molecular formula is C13H16O3S2. The van der Waals surface area contributed by atoms with E-state index in [4.69, 9.17) is 0 Å². The molecule has 98 valence electrons. The van der Waals surface area contributed by atoms with Gasteiger partial charge in [-0.2, -0.15) is 0 Å². The minimum atomic E-state index is -0.918. The summed E-state index contributed by atoms with van der Waals surface area (Å²) in [6, 6.07) is 3.56. The van der Waals surface area contributed by atoms with E-state index in [-0.39, 0.29) is 5.41 Å². The van der Waals surface area contributed by atoms with E-state index < -0.39 is 15.4 Å². The second-order valence-electron chi connectivity index (χ2n) is 5.17. The Labute approximate surface area is 112 Å². The van der Waals surface area contributed by atoms with Crippen LogP contribution >= 0.6 is 0 Å². The third-order valence-corrected chi connectivity index (χ3v) is 6.80. The number of hydrogen-bond acceptors (Lipinski definition) is 2. The molecule has 0 saturated carbocycles. The Morgan fingerprint density at radius 1 is 1.44 bits per heavy atom. The van der Waals surface area contributed by atoms with E-state index in [2.05, 4.69) is 13.8 Å². The van der Waals surface area contributed by atoms with Crippen molar-refractivity contribution in [2.75, 3.05) is 5.75 Å². The molecule has 0 fully saturated rings. The molecule has 0 amide bonds. The van der Waals surface area contributed by atoms with Crippen molar-refractivity contribution in [3.63, 3.8) is 0 Å². The first-order valence-electron chi connectivity index (χ1n) is 5.77. The predicted molar refractivity (Wildman–Crippen MR) is 74.4 cm³/mol. The molecule has 0 spiro atoms. The van der Waals surface area contributed by atoms with Crippen molar-refractivity contribution in [1.82, 2.24) is 0 Å². The van der Waals surface area contributed by atoms with E-state index in [9.17, 15) is 14.1 Å². The third-order valence-electron chi connectivity index (χ3n) is 3.59. The summed E-state index contributed by atoms with van der Waals surface area (Å²) in [5, 5.41) is 9.17. The summed E-state index contributed by atoms with van der Waals surface area (Å²) < 4.78 is 11.3. The second kappa shape index (κ2) is 4.63. The van der Waals surface area contributed by atoms with Crippen molar-refractivity contribution in [3.8, 4) is 0 Å². The smallest absolute Gasteiger partial charge is 0.335 e. The zero-order chi connectivity index (χ0) is 13.5. The maximum atomic E-state index is 11.3. The molecule has 1 atom stereocenters. The molecule has 18 heavy (non-hydrogen) atoms. The average molecular weight is 284 g/mol. The molecule has 1 aromatic rings. The first-order chi connectivity index (χ1) is 8.38. The Morgan fingerprint density at radius 3 is 2.67 bits per heavy atom. The minimum absolute atomic E-state index is 0.0242. The van der Waals surface area contributed by atoms with Gasteiger partial charge in [-0.15, -0.1) is 0 Å². The van der Waals surface area contributed by atoms with E-state index >= 15 is 0 Å². The van der Waals surface area contributed by atoms with Gasteiger partial charge in [0.25, 0.3) is 0 Å². The summed E-state index contributed by atoms with van der Waals surface area (Å²) in [5.74, 6) is -0.0731. The molecular weight excluding hydrogens is 268 g/mol. The third kappa shape index (κ3) is 2.06. The fourth-order valence-electron chi connectivity index (χ4n) is 2.40. The Morgan fingerprint density at radius 2 is 2.11 bits per heavy atom. The van der Waals surface area contributed by atoms with Crippen molar-refractivity contribution in [2.45, 2.75) is 37.5 Å². The van der Waals surface area contributed by atoms with Gasteiger partial charge in [0, 0.05) is 10.6 Å². The number of carboxylic acids is 1. The maximum absolute atomic E-state index is 11.3. The zero-order valence-corrected chi connectivity index (χ0v) is 12.3. The van der Waals surface area contributed by atoms with Crippen LogP contribution in [-0.4, -0.2) is 21.0 Å². The molecule has 0 radical (unpaired) electrons. The van der Waals surface area contributed by atoms with E-state index in [1.807, 2.05) is 13.0 Å². The fraction of sp³-hybridized carbons (Fsp3) is 0.462. The van der Waals surface area contributed by atoms with Gasteiger partial charge in [-0.05, 0) is 36.0 Å². The van der Waals surface area contributed by atoms with Gasteiger partial charge in [0.15, 0.2) is 0 Å². The fourth-order valence-corrected chi connectivity index (χ4v) is 5.78. The topological polar surface area (TPSA) is 54.4 Å². The second-order valence-corrected chi connectivity index (χ2v) is 8.43. The Balaban J connectivity index is 2.80. The number of rotatable bonds is 1. The van der Waals surface area contributed by atoms with E-state index in [0.29, 0.717) is 15.8 Å².